The van der Waals surface area contributed by atoms with Crippen LogP contribution in [0.3, 0.4) is 0 Å². The zero-order valence-corrected chi connectivity index (χ0v) is 16.9. The zero-order chi connectivity index (χ0) is 22.1. The first-order valence-electron chi connectivity index (χ1n) is 9.44. The first kappa shape index (κ1) is 20.8. The first-order chi connectivity index (χ1) is 14.9. The number of Topliss-reactive ketones (excluding diaryl/α,β-unsaturated/α-hetero) is 1. The molecule has 0 saturated carbocycles. The van der Waals surface area contributed by atoms with Gasteiger partial charge in [-0.25, -0.2) is 4.79 Å². The van der Waals surface area contributed by atoms with Gasteiger partial charge in [0.2, 0.25) is 0 Å². The van der Waals surface area contributed by atoms with E-state index in [1.54, 1.807) is 60.7 Å². The maximum atomic E-state index is 12.8. The van der Waals surface area contributed by atoms with E-state index in [4.69, 9.17) is 0 Å². The van der Waals surface area contributed by atoms with Crippen LogP contribution in [0.1, 0.15) is 22.0 Å². The average molecular weight is 438 g/mol. The highest BCUT2D eigenvalue weighted by molar-refractivity contribution is 8.00. The monoisotopic (exact) mass is 438 g/mol. The molecule has 2 aliphatic heterocycles. The standard InChI is InChI=1S/C22H18N2O6S/c25-17(12-7-3-1-4-8-12)14-11-31-21-15(20(28)24(21)16(14)22(29)30)23-19(27)18(26)13-9-5-2-6-10-13/h1-10,15,18,21,26H,11H2,(H,23,27)(H,29,30)/t15?,18?,21-/m0/s1. The molecule has 0 spiro atoms. The van der Waals surface area contributed by atoms with E-state index in [1.165, 1.54) is 11.8 Å². The smallest absolute Gasteiger partial charge is 0.353 e. The lowest BCUT2D eigenvalue weighted by Gasteiger charge is -2.49. The normalized spacial score (nSPS) is 21.1. The van der Waals surface area contributed by atoms with Crippen LogP contribution in [-0.4, -0.2) is 55.8 Å². The van der Waals surface area contributed by atoms with Gasteiger partial charge in [0.1, 0.15) is 17.1 Å². The molecule has 158 valence electrons. The van der Waals surface area contributed by atoms with Crippen molar-refractivity contribution in [2.45, 2.75) is 17.5 Å². The van der Waals surface area contributed by atoms with Crippen LogP contribution in [0.15, 0.2) is 71.9 Å². The van der Waals surface area contributed by atoms with Crippen LogP contribution in [-0.2, 0) is 14.4 Å². The minimum absolute atomic E-state index is 0.0300. The topological polar surface area (TPSA) is 124 Å². The number of carbonyl (C=O) groups is 4. The molecule has 8 nitrogen and oxygen atoms in total. The second kappa shape index (κ2) is 8.37. The van der Waals surface area contributed by atoms with Gasteiger partial charge in [0.15, 0.2) is 11.9 Å². The predicted octanol–water partition coefficient (Wildman–Crippen LogP) is 1.34. The van der Waals surface area contributed by atoms with Crippen molar-refractivity contribution in [3.8, 4) is 0 Å². The Hall–Kier alpha value is -3.43. The molecule has 0 aliphatic carbocycles. The summed E-state index contributed by atoms with van der Waals surface area (Å²) in [6.07, 6.45) is -1.46. The summed E-state index contributed by atoms with van der Waals surface area (Å²) in [5.74, 6) is -3.15. The Morgan fingerprint density at radius 1 is 1.03 bits per heavy atom. The van der Waals surface area contributed by atoms with Gasteiger partial charge >= 0.3 is 5.97 Å². The molecule has 3 N–H and O–H groups in total. The lowest BCUT2D eigenvalue weighted by Crippen LogP contribution is -2.71. The summed E-state index contributed by atoms with van der Waals surface area (Å²) in [5.41, 5.74) is 0.375. The summed E-state index contributed by atoms with van der Waals surface area (Å²) in [6.45, 7) is 0. The number of aliphatic hydroxyl groups is 1. The number of nitrogens with one attached hydrogen (secondary N) is 1. The van der Waals surface area contributed by atoms with E-state index >= 15 is 0 Å². The molecule has 0 bridgehead atoms. The largest absolute Gasteiger partial charge is 0.477 e. The number of carbonyl (C=O) groups excluding carboxylic acids is 3. The van der Waals surface area contributed by atoms with E-state index in [0.29, 0.717) is 11.1 Å². The number of benzene rings is 2. The van der Waals surface area contributed by atoms with Crippen molar-refractivity contribution in [3.05, 3.63) is 83.1 Å². The van der Waals surface area contributed by atoms with Gasteiger partial charge in [-0.3, -0.25) is 19.3 Å². The molecule has 1 saturated heterocycles. The second-order valence-electron chi connectivity index (χ2n) is 7.04. The molecule has 9 heteroatoms. The van der Waals surface area contributed by atoms with Crippen LogP contribution in [0.5, 0.6) is 0 Å². The number of aliphatic hydroxyl groups excluding tert-OH is 1. The van der Waals surface area contributed by atoms with Gasteiger partial charge in [0.05, 0.1) is 0 Å². The number of hydrogen-bond acceptors (Lipinski definition) is 6. The number of carboxylic acid groups (broad SMARTS) is 1. The first-order valence-corrected chi connectivity index (χ1v) is 10.5. The molecule has 31 heavy (non-hydrogen) atoms. The molecule has 2 heterocycles. The van der Waals surface area contributed by atoms with Gasteiger partial charge in [0, 0.05) is 16.9 Å². The number of fused-ring (bicyclic) bond motifs is 1. The molecule has 4 rings (SSSR count). The average Bonchev–Trinajstić information content (AvgIpc) is 2.81. The molecule has 2 aromatic rings. The van der Waals surface area contributed by atoms with E-state index in [0.717, 1.165) is 4.90 Å². The lowest BCUT2D eigenvalue weighted by atomic mass is 9.97. The van der Waals surface area contributed by atoms with Crippen molar-refractivity contribution < 1.29 is 29.4 Å². The van der Waals surface area contributed by atoms with Crippen molar-refractivity contribution in [1.82, 2.24) is 10.2 Å². The fourth-order valence-corrected chi connectivity index (χ4v) is 4.92. The second-order valence-corrected chi connectivity index (χ2v) is 8.14. The van der Waals surface area contributed by atoms with Crippen molar-refractivity contribution >= 4 is 35.3 Å². The zero-order valence-electron chi connectivity index (χ0n) is 16.1. The summed E-state index contributed by atoms with van der Waals surface area (Å²) >= 11 is 1.19. The third kappa shape index (κ3) is 3.73. The van der Waals surface area contributed by atoms with Crippen LogP contribution in [0, 0.1) is 0 Å². The molecule has 2 aliphatic rings. The Labute approximate surface area is 181 Å². The van der Waals surface area contributed by atoms with Crippen molar-refractivity contribution in [2.24, 2.45) is 0 Å². The highest BCUT2D eigenvalue weighted by Crippen LogP contribution is 2.41. The number of amides is 2. The highest BCUT2D eigenvalue weighted by atomic mass is 32.2. The van der Waals surface area contributed by atoms with Crippen LogP contribution in [0.4, 0.5) is 0 Å². The maximum Gasteiger partial charge on any atom is 0.353 e. The quantitative estimate of drug-likeness (QED) is 0.459. The summed E-state index contributed by atoms with van der Waals surface area (Å²) in [6, 6.07) is 15.5. The summed E-state index contributed by atoms with van der Waals surface area (Å²) in [4.78, 5) is 50.9. The molecular formula is C22H18N2O6S. The molecular weight excluding hydrogens is 420 g/mol. The van der Waals surface area contributed by atoms with E-state index in [-0.39, 0.29) is 17.0 Å². The number of rotatable bonds is 6. The van der Waals surface area contributed by atoms with Gasteiger partial charge in [-0.2, -0.15) is 0 Å². The Morgan fingerprint density at radius 2 is 1.65 bits per heavy atom. The molecule has 3 atom stereocenters. The number of hydrogen-bond donors (Lipinski definition) is 3. The van der Waals surface area contributed by atoms with E-state index in [9.17, 15) is 29.4 Å². The Balaban J connectivity index is 1.54. The number of thioether (sulfide) groups is 1. The third-order valence-corrected chi connectivity index (χ3v) is 6.42. The predicted molar refractivity (Wildman–Crippen MR) is 112 cm³/mol. The lowest BCUT2D eigenvalue weighted by molar-refractivity contribution is -0.151. The SMILES string of the molecule is O=C(O)C1=C(C(=O)c2ccccc2)CS[C@H]2C(NC(=O)C(O)c3ccccc3)C(=O)N12. The molecule has 1 fully saturated rings. The summed E-state index contributed by atoms with van der Waals surface area (Å²) in [7, 11) is 0. The fraction of sp³-hybridized carbons (Fsp3) is 0.182. The van der Waals surface area contributed by atoms with Gasteiger partial charge in [-0.05, 0) is 5.56 Å². The molecule has 2 unspecified atom stereocenters. The van der Waals surface area contributed by atoms with Crippen LogP contribution in [0.2, 0.25) is 0 Å². The van der Waals surface area contributed by atoms with Crippen molar-refractivity contribution in [3.63, 3.8) is 0 Å². The van der Waals surface area contributed by atoms with Gasteiger partial charge in [0.25, 0.3) is 11.8 Å². The highest BCUT2D eigenvalue weighted by Gasteiger charge is 2.55. The van der Waals surface area contributed by atoms with Crippen molar-refractivity contribution in [2.75, 3.05) is 5.75 Å². The maximum absolute atomic E-state index is 12.8. The van der Waals surface area contributed by atoms with Gasteiger partial charge < -0.3 is 15.5 Å². The van der Waals surface area contributed by atoms with Crippen molar-refractivity contribution in [1.29, 1.82) is 0 Å². The number of nitrogens with zero attached hydrogens (tertiary/aromatic N) is 1. The minimum atomic E-state index is -1.46. The van der Waals surface area contributed by atoms with Crippen LogP contribution >= 0.6 is 11.8 Å². The number of carboxylic acids is 1. The Kier molecular flexibility index (Phi) is 5.62. The van der Waals surface area contributed by atoms with Gasteiger partial charge in [-0.1, -0.05) is 60.7 Å². The Morgan fingerprint density at radius 3 is 2.26 bits per heavy atom. The minimum Gasteiger partial charge on any atom is -0.477 e. The Bertz CT molecular complexity index is 1090. The summed E-state index contributed by atoms with van der Waals surface area (Å²) < 4.78 is 0. The third-order valence-electron chi connectivity index (χ3n) is 5.14. The molecule has 2 aromatic carbocycles. The summed E-state index contributed by atoms with van der Waals surface area (Å²) in [5, 5.41) is 21.8. The van der Waals surface area contributed by atoms with Gasteiger partial charge in [-0.15, -0.1) is 11.8 Å². The fourth-order valence-electron chi connectivity index (χ4n) is 3.58. The molecule has 0 aromatic heterocycles. The number of aliphatic carboxylic acids is 1. The molecule has 2 amide bonds. The molecule has 0 radical (unpaired) electrons. The van der Waals surface area contributed by atoms with E-state index in [1.807, 2.05) is 0 Å². The van der Waals surface area contributed by atoms with E-state index in [2.05, 4.69) is 5.32 Å². The van der Waals surface area contributed by atoms with Crippen LogP contribution in [0.25, 0.3) is 0 Å². The van der Waals surface area contributed by atoms with Crippen LogP contribution < -0.4 is 5.32 Å². The number of β-lactam (4-membered cyclic amide) rings is 1. The number of ketones is 1. The van der Waals surface area contributed by atoms with E-state index < -0.39 is 41.1 Å².